The molecule has 0 bridgehead atoms. The lowest BCUT2D eigenvalue weighted by Crippen LogP contribution is -2.34. The summed E-state index contributed by atoms with van der Waals surface area (Å²) in [6, 6.07) is 18.6. The maximum absolute atomic E-state index is 12.6. The number of ether oxygens (including phenoxy) is 1. The second kappa shape index (κ2) is 9.42. The van der Waals surface area contributed by atoms with E-state index in [4.69, 9.17) is 21.4 Å². The van der Waals surface area contributed by atoms with Crippen molar-refractivity contribution in [3.8, 4) is 17.2 Å². The molecule has 1 aromatic heterocycles. The van der Waals surface area contributed by atoms with Crippen LogP contribution >= 0.6 is 12.2 Å². The van der Waals surface area contributed by atoms with Crippen LogP contribution in [0.15, 0.2) is 65.1 Å². The fourth-order valence-corrected chi connectivity index (χ4v) is 3.53. The number of thiocarbonyl (C=S) groups is 1. The van der Waals surface area contributed by atoms with E-state index in [1.165, 1.54) is 11.1 Å². The number of rotatable bonds is 5. The highest BCUT2D eigenvalue weighted by molar-refractivity contribution is 7.80. The number of carbonyl (C=O) groups is 1. The van der Waals surface area contributed by atoms with Gasteiger partial charge in [-0.15, -0.1) is 0 Å². The highest BCUT2D eigenvalue weighted by Crippen LogP contribution is 2.27. The van der Waals surface area contributed by atoms with Crippen LogP contribution in [0.2, 0.25) is 0 Å². The van der Waals surface area contributed by atoms with Crippen LogP contribution in [0.3, 0.4) is 0 Å². The van der Waals surface area contributed by atoms with E-state index < -0.39 is 0 Å². The summed E-state index contributed by atoms with van der Waals surface area (Å²) in [5, 5.41) is 5.92. The van der Waals surface area contributed by atoms with Gasteiger partial charge < -0.3 is 14.5 Å². The zero-order valence-electron chi connectivity index (χ0n) is 18.9. The standard InChI is InChI=1S/C26H25N3O3S/c1-15(2)31-21-7-5-6-18(13-21)24(30)29-26(33)27-20-10-11-23-22(14-20)28-25(32-23)19-9-8-16(3)17(4)12-19/h5-15H,1-4H3,(H2,27,29,30,33). The molecule has 0 spiro atoms. The highest BCUT2D eigenvalue weighted by atomic mass is 32.1. The number of nitrogens with one attached hydrogen (secondary N) is 2. The quantitative estimate of drug-likeness (QED) is 0.355. The zero-order valence-corrected chi connectivity index (χ0v) is 19.7. The Labute approximate surface area is 198 Å². The molecule has 33 heavy (non-hydrogen) atoms. The molecule has 0 aliphatic rings. The molecule has 2 N–H and O–H groups in total. The SMILES string of the molecule is Cc1ccc(-c2nc3cc(NC(=S)NC(=O)c4cccc(OC(C)C)c4)ccc3o2)cc1C. The normalized spacial score (nSPS) is 10.9. The number of hydrogen-bond donors (Lipinski definition) is 2. The number of anilines is 1. The molecule has 0 saturated heterocycles. The van der Waals surface area contributed by atoms with Crippen molar-refractivity contribution in [1.29, 1.82) is 0 Å². The molecule has 0 aliphatic heterocycles. The maximum Gasteiger partial charge on any atom is 0.257 e. The number of hydrogen-bond acceptors (Lipinski definition) is 5. The third-order valence-corrected chi connectivity index (χ3v) is 5.30. The summed E-state index contributed by atoms with van der Waals surface area (Å²) in [5.41, 5.74) is 5.85. The average Bonchev–Trinajstić information content (AvgIpc) is 3.18. The van der Waals surface area contributed by atoms with Crippen LogP contribution < -0.4 is 15.4 Å². The van der Waals surface area contributed by atoms with Crippen LogP contribution in [0, 0.1) is 13.8 Å². The summed E-state index contributed by atoms with van der Waals surface area (Å²) in [5.74, 6) is 0.874. The topological polar surface area (TPSA) is 76.4 Å². The molecule has 0 aliphatic carbocycles. The van der Waals surface area contributed by atoms with E-state index in [9.17, 15) is 4.79 Å². The molecular formula is C26H25N3O3S. The van der Waals surface area contributed by atoms with Gasteiger partial charge in [0, 0.05) is 16.8 Å². The fourth-order valence-electron chi connectivity index (χ4n) is 3.32. The lowest BCUT2D eigenvalue weighted by Gasteiger charge is -2.12. The van der Waals surface area contributed by atoms with Crippen molar-refractivity contribution >= 4 is 40.0 Å². The Hall–Kier alpha value is -3.71. The summed E-state index contributed by atoms with van der Waals surface area (Å²) in [6.07, 6.45) is 0.0213. The first-order chi connectivity index (χ1) is 15.8. The Kier molecular flexibility index (Phi) is 6.42. The van der Waals surface area contributed by atoms with Gasteiger partial charge in [0.25, 0.3) is 5.91 Å². The number of fused-ring (bicyclic) bond motifs is 1. The molecular weight excluding hydrogens is 434 g/mol. The summed E-state index contributed by atoms with van der Waals surface area (Å²) in [4.78, 5) is 17.2. The first kappa shape index (κ1) is 22.5. The number of oxazole rings is 1. The molecule has 0 fully saturated rings. The first-order valence-corrected chi connectivity index (χ1v) is 11.1. The van der Waals surface area contributed by atoms with Crippen LogP contribution in [0.1, 0.15) is 35.3 Å². The van der Waals surface area contributed by atoms with Gasteiger partial charge in [0.2, 0.25) is 5.89 Å². The third kappa shape index (κ3) is 5.38. The van der Waals surface area contributed by atoms with Crippen molar-refractivity contribution in [2.75, 3.05) is 5.32 Å². The van der Waals surface area contributed by atoms with Gasteiger partial charge in [0.15, 0.2) is 10.7 Å². The lowest BCUT2D eigenvalue weighted by atomic mass is 10.1. The molecule has 4 rings (SSSR count). The van der Waals surface area contributed by atoms with Gasteiger partial charge in [0.1, 0.15) is 11.3 Å². The monoisotopic (exact) mass is 459 g/mol. The van der Waals surface area contributed by atoms with Crippen molar-refractivity contribution in [1.82, 2.24) is 10.3 Å². The van der Waals surface area contributed by atoms with Crippen LogP contribution in [-0.2, 0) is 0 Å². The van der Waals surface area contributed by atoms with E-state index in [2.05, 4.69) is 41.6 Å². The zero-order chi connectivity index (χ0) is 23.5. The Bertz CT molecular complexity index is 1340. The Morgan fingerprint density at radius 3 is 2.61 bits per heavy atom. The molecule has 1 heterocycles. The van der Waals surface area contributed by atoms with Crippen LogP contribution in [0.5, 0.6) is 5.75 Å². The number of aromatic nitrogens is 1. The van der Waals surface area contributed by atoms with E-state index in [1.54, 1.807) is 18.2 Å². The number of benzene rings is 3. The molecule has 0 saturated carbocycles. The van der Waals surface area contributed by atoms with Gasteiger partial charge >= 0.3 is 0 Å². The second-order valence-corrected chi connectivity index (χ2v) is 8.51. The summed E-state index contributed by atoms with van der Waals surface area (Å²) < 4.78 is 11.6. The molecule has 0 radical (unpaired) electrons. The Morgan fingerprint density at radius 1 is 1.03 bits per heavy atom. The fraction of sp³-hybridized carbons (Fsp3) is 0.192. The molecule has 6 nitrogen and oxygen atoms in total. The Morgan fingerprint density at radius 2 is 1.85 bits per heavy atom. The summed E-state index contributed by atoms with van der Waals surface area (Å²) in [7, 11) is 0. The van der Waals surface area contributed by atoms with E-state index >= 15 is 0 Å². The number of amides is 1. The van der Waals surface area contributed by atoms with Crippen molar-refractivity contribution in [3.05, 3.63) is 77.4 Å². The van der Waals surface area contributed by atoms with Gasteiger partial charge in [-0.3, -0.25) is 10.1 Å². The van der Waals surface area contributed by atoms with Gasteiger partial charge in [-0.25, -0.2) is 4.98 Å². The van der Waals surface area contributed by atoms with Crippen LogP contribution in [-0.4, -0.2) is 22.1 Å². The molecule has 1 amide bonds. The van der Waals surface area contributed by atoms with Crippen LogP contribution in [0.4, 0.5) is 5.69 Å². The lowest BCUT2D eigenvalue weighted by molar-refractivity contribution is 0.0977. The van der Waals surface area contributed by atoms with Crippen molar-refractivity contribution in [2.24, 2.45) is 0 Å². The smallest absolute Gasteiger partial charge is 0.257 e. The van der Waals surface area contributed by atoms with Gasteiger partial charge in [-0.05, 0) is 99.6 Å². The number of nitrogens with zero attached hydrogens (tertiary/aromatic N) is 1. The third-order valence-electron chi connectivity index (χ3n) is 5.09. The maximum atomic E-state index is 12.6. The first-order valence-electron chi connectivity index (χ1n) is 10.7. The summed E-state index contributed by atoms with van der Waals surface area (Å²) in [6.45, 7) is 8.00. The minimum Gasteiger partial charge on any atom is -0.491 e. The van der Waals surface area contributed by atoms with Gasteiger partial charge in [-0.1, -0.05) is 12.1 Å². The van der Waals surface area contributed by atoms with Crippen molar-refractivity contribution < 1.29 is 13.9 Å². The van der Waals surface area contributed by atoms with E-state index in [0.29, 0.717) is 34.0 Å². The molecule has 0 atom stereocenters. The van der Waals surface area contributed by atoms with Crippen molar-refractivity contribution in [3.63, 3.8) is 0 Å². The largest absolute Gasteiger partial charge is 0.491 e. The van der Waals surface area contributed by atoms with Crippen LogP contribution in [0.25, 0.3) is 22.6 Å². The molecule has 7 heteroatoms. The summed E-state index contributed by atoms with van der Waals surface area (Å²) >= 11 is 5.33. The van der Waals surface area contributed by atoms with Gasteiger partial charge in [-0.2, -0.15) is 0 Å². The molecule has 3 aromatic carbocycles. The van der Waals surface area contributed by atoms with E-state index in [-0.39, 0.29) is 17.1 Å². The predicted molar refractivity (Wildman–Crippen MR) is 135 cm³/mol. The van der Waals surface area contributed by atoms with Crippen molar-refractivity contribution in [2.45, 2.75) is 33.8 Å². The van der Waals surface area contributed by atoms with E-state index in [0.717, 1.165) is 5.56 Å². The minimum atomic E-state index is -0.318. The molecule has 168 valence electrons. The van der Waals surface area contributed by atoms with E-state index in [1.807, 2.05) is 44.2 Å². The van der Waals surface area contributed by atoms with Gasteiger partial charge in [0.05, 0.1) is 6.10 Å². The second-order valence-electron chi connectivity index (χ2n) is 8.10. The average molecular weight is 460 g/mol. The predicted octanol–water partition coefficient (Wildman–Crippen LogP) is 6.03. The number of aryl methyl sites for hydroxylation is 2. The number of carbonyl (C=O) groups excluding carboxylic acids is 1. The highest BCUT2D eigenvalue weighted by Gasteiger charge is 2.12. The molecule has 0 unspecified atom stereocenters. The minimum absolute atomic E-state index is 0.0213. The Balaban J connectivity index is 1.45. The molecule has 4 aromatic rings.